The standard InChI is InChI=1S/C16H22F2N4O/c1-12-4-7-19-15(20-12)22-8-2-3-13(11-22)14(23)21-9-5-16(17,18)6-10-21/h4,7,13H,2-3,5-6,8-11H2,1H3. The molecule has 3 heterocycles. The van der Waals surface area contributed by atoms with Gasteiger partial charge < -0.3 is 9.80 Å². The number of hydrogen-bond donors (Lipinski definition) is 0. The predicted molar refractivity (Wildman–Crippen MR) is 82.5 cm³/mol. The van der Waals surface area contributed by atoms with Gasteiger partial charge in [0.25, 0.3) is 5.92 Å². The van der Waals surface area contributed by atoms with E-state index in [-0.39, 0.29) is 37.8 Å². The van der Waals surface area contributed by atoms with Crippen LogP contribution in [0.3, 0.4) is 0 Å². The van der Waals surface area contributed by atoms with E-state index >= 15 is 0 Å². The summed E-state index contributed by atoms with van der Waals surface area (Å²) in [6.07, 6.45) is 2.95. The molecule has 0 aliphatic carbocycles. The Hall–Kier alpha value is -1.79. The SMILES string of the molecule is Cc1ccnc(N2CCCC(C(=O)N3CCC(F)(F)CC3)C2)n1. The summed E-state index contributed by atoms with van der Waals surface area (Å²) < 4.78 is 26.5. The zero-order valence-corrected chi connectivity index (χ0v) is 13.3. The van der Waals surface area contributed by atoms with E-state index in [2.05, 4.69) is 9.97 Å². The van der Waals surface area contributed by atoms with Crippen LogP contribution in [0.1, 0.15) is 31.4 Å². The number of likely N-dealkylation sites (tertiary alicyclic amines) is 1. The Morgan fingerprint density at radius 1 is 1.30 bits per heavy atom. The van der Waals surface area contributed by atoms with Gasteiger partial charge in [-0.1, -0.05) is 0 Å². The van der Waals surface area contributed by atoms with Gasteiger partial charge in [-0.3, -0.25) is 4.79 Å². The largest absolute Gasteiger partial charge is 0.342 e. The van der Waals surface area contributed by atoms with E-state index in [0.29, 0.717) is 12.5 Å². The molecule has 3 rings (SSSR count). The first-order valence-corrected chi connectivity index (χ1v) is 8.16. The van der Waals surface area contributed by atoms with Crippen LogP contribution < -0.4 is 4.90 Å². The van der Waals surface area contributed by atoms with E-state index in [1.54, 1.807) is 11.1 Å². The highest BCUT2D eigenvalue weighted by Crippen LogP contribution is 2.29. The normalized spacial score (nSPS) is 24.6. The zero-order valence-electron chi connectivity index (χ0n) is 13.3. The quantitative estimate of drug-likeness (QED) is 0.837. The molecule has 0 spiro atoms. The van der Waals surface area contributed by atoms with Crippen LogP contribution in [0, 0.1) is 12.8 Å². The Balaban J connectivity index is 1.63. The van der Waals surface area contributed by atoms with Gasteiger partial charge in [0.2, 0.25) is 11.9 Å². The van der Waals surface area contributed by atoms with Crippen molar-refractivity contribution in [3.05, 3.63) is 18.0 Å². The molecule has 23 heavy (non-hydrogen) atoms. The molecule has 2 saturated heterocycles. The third-order valence-electron chi connectivity index (χ3n) is 4.64. The number of hydrogen-bond acceptors (Lipinski definition) is 4. The number of carbonyl (C=O) groups excluding carboxylic acids is 1. The second kappa shape index (κ2) is 6.37. The summed E-state index contributed by atoms with van der Waals surface area (Å²) in [6.45, 7) is 3.61. The van der Waals surface area contributed by atoms with Gasteiger partial charge in [0.15, 0.2) is 0 Å². The van der Waals surface area contributed by atoms with E-state index in [4.69, 9.17) is 0 Å². The molecule has 1 aromatic heterocycles. The number of alkyl halides is 2. The van der Waals surface area contributed by atoms with Crippen LogP contribution in [0.4, 0.5) is 14.7 Å². The first-order chi connectivity index (χ1) is 10.9. The molecule has 1 atom stereocenters. The molecule has 0 aromatic carbocycles. The molecule has 5 nitrogen and oxygen atoms in total. The molecule has 1 amide bonds. The third kappa shape index (κ3) is 3.76. The van der Waals surface area contributed by atoms with E-state index in [0.717, 1.165) is 25.1 Å². The Labute approximate surface area is 134 Å². The van der Waals surface area contributed by atoms with E-state index in [1.807, 2.05) is 17.9 Å². The minimum Gasteiger partial charge on any atom is -0.342 e. The van der Waals surface area contributed by atoms with Crippen molar-refractivity contribution in [3.8, 4) is 0 Å². The van der Waals surface area contributed by atoms with Crippen molar-refractivity contribution in [2.45, 2.75) is 38.5 Å². The Kier molecular flexibility index (Phi) is 4.46. The highest BCUT2D eigenvalue weighted by Gasteiger charge is 2.38. The summed E-state index contributed by atoms with van der Waals surface area (Å²) in [4.78, 5) is 24.9. The fraction of sp³-hybridized carbons (Fsp3) is 0.688. The molecule has 2 fully saturated rings. The fourth-order valence-electron chi connectivity index (χ4n) is 3.26. The van der Waals surface area contributed by atoms with Crippen LogP contribution in [0.15, 0.2) is 12.3 Å². The van der Waals surface area contributed by atoms with Crippen molar-refractivity contribution in [3.63, 3.8) is 0 Å². The van der Waals surface area contributed by atoms with Crippen LogP contribution in [0.5, 0.6) is 0 Å². The molecule has 0 bridgehead atoms. The molecular weight excluding hydrogens is 302 g/mol. The zero-order chi connectivity index (χ0) is 16.4. The molecule has 2 aliphatic rings. The molecule has 0 N–H and O–H groups in total. The monoisotopic (exact) mass is 324 g/mol. The first kappa shape index (κ1) is 16.1. The van der Waals surface area contributed by atoms with Crippen LogP contribution in [0.2, 0.25) is 0 Å². The number of carbonyl (C=O) groups is 1. The number of rotatable bonds is 2. The van der Waals surface area contributed by atoms with E-state index < -0.39 is 5.92 Å². The summed E-state index contributed by atoms with van der Waals surface area (Å²) in [6, 6.07) is 1.84. The van der Waals surface area contributed by atoms with Gasteiger partial charge in [0.1, 0.15) is 0 Å². The maximum Gasteiger partial charge on any atom is 0.251 e. The maximum absolute atomic E-state index is 13.2. The lowest BCUT2D eigenvalue weighted by molar-refractivity contribution is -0.141. The van der Waals surface area contributed by atoms with Gasteiger partial charge in [-0.25, -0.2) is 18.7 Å². The minimum atomic E-state index is -2.62. The lowest BCUT2D eigenvalue weighted by Gasteiger charge is -2.37. The average Bonchev–Trinajstić information content (AvgIpc) is 2.54. The van der Waals surface area contributed by atoms with Crippen molar-refractivity contribution in [1.29, 1.82) is 0 Å². The van der Waals surface area contributed by atoms with Crippen LogP contribution in [-0.4, -0.2) is 52.9 Å². The second-order valence-corrected chi connectivity index (χ2v) is 6.46. The number of piperidine rings is 2. The lowest BCUT2D eigenvalue weighted by Crippen LogP contribution is -2.49. The van der Waals surface area contributed by atoms with Crippen molar-refractivity contribution >= 4 is 11.9 Å². The predicted octanol–water partition coefficient (Wildman–Crippen LogP) is 2.26. The summed E-state index contributed by atoms with van der Waals surface area (Å²) in [7, 11) is 0. The Morgan fingerprint density at radius 3 is 2.74 bits per heavy atom. The third-order valence-corrected chi connectivity index (χ3v) is 4.64. The Morgan fingerprint density at radius 2 is 2.04 bits per heavy atom. The van der Waals surface area contributed by atoms with Gasteiger partial charge in [-0.05, 0) is 25.8 Å². The molecule has 0 radical (unpaired) electrons. The maximum atomic E-state index is 13.2. The lowest BCUT2D eigenvalue weighted by atomic mass is 9.95. The molecular formula is C16H22F2N4O. The molecule has 7 heteroatoms. The van der Waals surface area contributed by atoms with E-state index in [1.165, 1.54) is 0 Å². The smallest absolute Gasteiger partial charge is 0.251 e. The number of anilines is 1. The fourth-order valence-corrected chi connectivity index (χ4v) is 3.26. The average molecular weight is 324 g/mol. The summed E-state index contributed by atoms with van der Waals surface area (Å²) in [5, 5.41) is 0. The van der Waals surface area contributed by atoms with Crippen molar-refractivity contribution in [2.24, 2.45) is 5.92 Å². The number of amides is 1. The van der Waals surface area contributed by atoms with Crippen molar-refractivity contribution in [2.75, 3.05) is 31.1 Å². The van der Waals surface area contributed by atoms with Crippen LogP contribution in [-0.2, 0) is 4.79 Å². The van der Waals surface area contributed by atoms with Gasteiger partial charge in [-0.15, -0.1) is 0 Å². The first-order valence-electron chi connectivity index (χ1n) is 8.16. The summed E-state index contributed by atoms with van der Waals surface area (Å²) in [5.74, 6) is -2.13. The highest BCUT2D eigenvalue weighted by molar-refractivity contribution is 5.79. The molecule has 2 aliphatic heterocycles. The van der Waals surface area contributed by atoms with Gasteiger partial charge in [0, 0.05) is 50.9 Å². The highest BCUT2D eigenvalue weighted by atomic mass is 19.3. The summed E-state index contributed by atoms with van der Waals surface area (Å²) >= 11 is 0. The Bertz CT molecular complexity index is 571. The number of aromatic nitrogens is 2. The minimum absolute atomic E-state index is 0.00199. The van der Waals surface area contributed by atoms with Gasteiger partial charge in [0.05, 0.1) is 5.92 Å². The van der Waals surface area contributed by atoms with Crippen molar-refractivity contribution in [1.82, 2.24) is 14.9 Å². The molecule has 1 aromatic rings. The number of halogens is 2. The summed E-state index contributed by atoms with van der Waals surface area (Å²) in [5.41, 5.74) is 0.890. The van der Waals surface area contributed by atoms with E-state index in [9.17, 15) is 13.6 Å². The topological polar surface area (TPSA) is 49.3 Å². The molecule has 1 unspecified atom stereocenters. The van der Waals surface area contributed by atoms with Crippen LogP contribution in [0.25, 0.3) is 0 Å². The van der Waals surface area contributed by atoms with Crippen LogP contribution >= 0.6 is 0 Å². The van der Waals surface area contributed by atoms with Gasteiger partial charge in [-0.2, -0.15) is 0 Å². The molecule has 126 valence electrons. The van der Waals surface area contributed by atoms with Gasteiger partial charge >= 0.3 is 0 Å². The molecule has 0 saturated carbocycles. The van der Waals surface area contributed by atoms with Crippen molar-refractivity contribution < 1.29 is 13.6 Å². The number of nitrogens with zero attached hydrogens (tertiary/aromatic N) is 4. The second-order valence-electron chi connectivity index (χ2n) is 6.46. The number of aryl methyl sites for hydroxylation is 1.